The zero-order chi connectivity index (χ0) is 12.6. The molecule has 0 spiro atoms. The molecule has 0 unspecified atom stereocenters. The summed E-state index contributed by atoms with van der Waals surface area (Å²) >= 11 is 0. The molecule has 2 heterocycles. The predicted molar refractivity (Wildman–Crippen MR) is 68.5 cm³/mol. The molecule has 6 nitrogen and oxygen atoms in total. The molecule has 0 saturated carbocycles. The van der Waals surface area contributed by atoms with Crippen molar-refractivity contribution in [2.45, 2.75) is 0 Å². The van der Waals surface area contributed by atoms with E-state index in [1.165, 1.54) is 0 Å². The molecule has 1 aliphatic rings. The molecular weight excluding hydrogens is 232 g/mol. The lowest BCUT2D eigenvalue weighted by Gasteiger charge is -2.26. The summed E-state index contributed by atoms with van der Waals surface area (Å²) in [6, 6.07) is 3.32. The average molecular weight is 250 g/mol. The van der Waals surface area contributed by atoms with Gasteiger partial charge in [0.05, 0.1) is 13.2 Å². The Bertz CT molecular complexity index is 366. The number of aromatic nitrogens is 1. The van der Waals surface area contributed by atoms with E-state index in [2.05, 4.69) is 20.5 Å². The number of carbonyl (C=O) groups is 1. The minimum Gasteiger partial charge on any atom is -0.379 e. The van der Waals surface area contributed by atoms with E-state index >= 15 is 0 Å². The van der Waals surface area contributed by atoms with Crippen LogP contribution in [0.2, 0.25) is 0 Å². The first-order valence-electron chi connectivity index (χ1n) is 6.09. The number of carbonyl (C=O) groups excluding carboxylic acids is 1. The second-order valence-corrected chi connectivity index (χ2v) is 4.07. The summed E-state index contributed by atoms with van der Waals surface area (Å²) in [6.45, 7) is 4.93. The number of morpholine rings is 1. The van der Waals surface area contributed by atoms with Gasteiger partial charge in [0.15, 0.2) is 0 Å². The molecule has 1 saturated heterocycles. The summed E-state index contributed by atoms with van der Waals surface area (Å²) in [7, 11) is 0. The first-order chi connectivity index (χ1) is 8.84. The maximum absolute atomic E-state index is 11.6. The van der Waals surface area contributed by atoms with E-state index in [0.717, 1.165) is 38.5 Å². The minimum atomic E-state index is -0.186. The highest BCUT2D eigenvalue weighted by Gasteiger charge is 2.09. The number of nitrogens with one attached hydrogen (secondary N) is 2. The standard InChI is InChI=1S/C12H18N4O2/c17-12(15-11-1-3-13-4-2-11)14-5-6-16-7-9-18-10-8-16/h1-4H,5-10H2,(H2,13,14,15,17). The highest BCUT2D eigenvalue weighted by atomic mass is 16.5. The Balaban J connectivity index is 1.62. The Hall–Kier alpha value is -1.66. The van der Waals surface area contributed by atoms with Gasteiger partial charge in [-0.2, -0.15) is 0 Å². The van der Waals surface area contributed by atoms with Gasteiger partial charge < -0.3 is 15.4 Å². The second-order valence-electron chi connectivity index (χ2n) is 4.07. The topological polar surface area (TPSA) is 66.5 Å². The van der Waals surface area contributed by atoms with Crippen molar-refractivity contribution in [3.8, 4) is 0 Å². The summed E-state index contributed by atoms with van der Waals surface area (Å²) in [5, 5.41) is 5.57. The van der Waals surface area contributed by atoms with Crippen LogP contribution < -0.4 is 10.6 Å². The van der Waals surface area contributed by atoms with Gasteiger partial charge in [-0.15, -0.1) is 0 Å². The maximum atomic E-state index is 11.6. The smallest absolute Gasteiger partial charge is 0.319 e. The number of pyridine rings is 1. The van der Waals surface area contributed by atoms with E-state index < -0.39 is 0 Å². The molecule has 2 amide bonds. The molecular formula is C12H18N4O2. The molecule has 18 heavy (non-hydrogen) atoms. The summed E-state index contributed by atoms with van der Waals surface area (Å²) < 4.78 is 5.26. The molecule has 1 aliphatic heterocycles. The summed E-state index contributed by atoms with van der Waals surface area (Å²) in [4.78, 5) is 17.7. The van der Waals surface area contributed by atoms with Crippen molar-refractivity contribution in [2.24, 2.45) is 0 Å². The lowest BCUT2D eigenvalue weighted by molar-refractivity contribution is 0.0388. The minimum absolute atomic E-state index is 0.186. The first-order valence-corrected chi connectivity index (χ1v) is 6.09. The van der Waals surface area contributed by atoms with E-state index in [4.69, 9.17) is 4.74 Å². The fourth-order valence-electron chi connectivity index (χ4n) is 1.76. The monoisotopic (exact) mass is 250 g/mol. The Kier molecular flexibility index (Phi) is 4.92. The first kappa shape index (κ1) is 12.8. The maximum Gasteiger partial charge on any atom is 0.319 e. The van der Waals surface area contributed by atoms with Crippen molar-refractivity contribution in [2.75, 3.05) is 44.7 Å². The third kappa shape index (κ3) is 4.31. The van der Waals surface area contributed by atoms with Gasteiger partial charge in [0.1, 0.15) is 0 Å². The molecule has 1 fully saturated rings. The molecule has 2 rings (SSSR count). The van der Waals surface area contributed by atoms with Gasteiger partial charge in [-0.3, -0.25) is 9.88 Å². The molecule has 0 aromatic carbocycles. The van der Waals surface area contributed by atoms with Crippen molar-refractivity contribution >= 4 is 11.7 Å². The van der Waals surface area contributed by atoms with Gasteiger partial charge in [-0.1, -0.05) is 0 Å². The van der Waals surface area contributed by atoms with Crippen molar-refractivity contribution in [1.29, 1.82) is 0 Å². The van der Waals surface area contributed by atoms with Crippen LogP contribution in [0.25, 0.3) is 0 Å². The number of amides is 2. The Morgan fingerprint density at radius 1 is 1.33 bits per heavy atom. The lowest BCUT2D eigenvalue weighted by Crippen LogP contribution is -2.42. The quantitative estimate of drug-likeness (QED) is 0.818. The third-order valence-corrected chi connectivity index (χ3v) is 2.76. The second kappa shape index (κ2) is 6.93. The van der Waals surface area contributed by atoms with E-state index in [9.17, 15) is 4.79 Å². The van der Waals surface area contributed by atoms with Crippen LogP contribution in [-0.4, -0.2) is 55.3 Å². The fraction of sp³-hybridized carbons (Fsp3) is 0.500. The molecule has 0 radical (unpaired) electrons. The highest BCUT2D eigenvalue weighted by molar-refractivity contribution is 5.88. The van der Waals surface area contributed by atoms with Gasteiger partial charge >= 0.3 is 6.03 Å². The Morgan fingerprint density at radius 3 is 2.78 bits per heavy atom. The average Bonchev–Trinajstić information content (AvgIpc) is 2.41. The highest BCUT2D eigenvalue weighted by Crippen LogP contribution is 2.02. The van der Waals surface area contributed by atoms with E-state index in [0.29, 0.717) is 6.54 Å². The summed E-state index contributed by atoms with van der Waals surface area (Å²) in [6.07, 6.45) is 3.28. The molecule has 1 aromatic rings. The number of urea groups is 1. The molecule has 0 bridgehead atoms. The van der Waals surface area contributed by atoms with Crippen LogP contribution >= 0.6 is 0 Å². The van der Waals surface area contributed by atoms with Crippen molar-refractivity contribution in [1.82, 2.24) is 15.2 Å². The molecule has 0 aliphatic carbocycles. The molecule has 1 aromatic heterocycles. The van der Waals surface area contributed by atoms with E-state index in [1.54, 1.807) is 24.5 Å². The number of ether oxygens (including phenoxy) is 1. The van der Waals surface area contributed by atoms with Crippen LogP contribution in [0.1, 0.15) is 0 Å². The van der Waals surface area contributed by atoms with Crippen LogP contribution in [0.4, 0.5) is 10.5 Å². The van der Waals surface area contributed by atoms with E-state index in [-0.39, 0.29) is 6.03 Å². The number of hydrogen-bond acceptors (Lipinski definition) is 4. The zero-order valence-corrected chi connectivity index (χ0v) is 10.3. The number of hydrogen-bond donors (Lipinski definition) is 2. The lowest BCUT2D eigenvalue weighted by atomic mass is 10.4. The summed E-state index contributed by atoms with van der Waals surface area (Å²) in [5.74, 6) is 0. The Labute approximate surface area is 106 Å². The van der Waals surface area contributed by atoms with Crippen molar-refractivity contribution < 1.29 is 9.53 Å². The molecule has 98 valence electrons. The number of nitrogens with zero attached hydrogens (tertiary/aromatic N) is 2. The largest absolute Gasteiger partial charge is 0.379 e. The molecule has 6 heteroatoms. The zero-order valence-electron chi connectivity index (χ0n) is 10.3. The van der Waals surface area contributed by atoms with Crippen LogP contribution in [0.15, 0.2) is 24.5 Å². The predicted octanol–water partition coefficient (Wildman–Crippen LogP) is 0.535. The van der Waals surface area contributed by atoms with Crippen molar-refractivity contribution in [3.05, 3.63) is 24.5 Å². The Morgan fingerprint density at radius 2 is 2.06 bits per heavy atom. The van der Waals surface area contributed by atoms with Gasteiger partial charge in [0.2, 0.25) is 0 Å². The van der Waals surface area contributed by atoms with E-state index in [1.807, 2.05) is 0 Å². The van der Waals surface area contributed by atoms with Crippen LogP contribution in [0.5, 0.6) is 0 Å². The van der Waals surface area contributed by atoms with Gasteiger partial charge in [-0.05, 0) is 12.1 Å². The van der Waals surface area contributed by atoms with Crippen LogP contribution in [0.3, 0.4) is 0 Å². The molecule has 2 N–H and O–H groups in total. The normalized spacial score (nSPS) is 16.2. The van der Waals surface area contributed by atoms with Gasteiger partial charge in [0.25, 0.3) is 0 Å². The van der Waals surface area contributed by atoms with Crippen LogP contribution in [-0.2, 0) is 4.74 Å². The SMILES string of the molecule is O=C(NCCN1CCOCC1)Nc1ccncc1. The molecule has 0 atom stereocenters. The van der Waals surface area contributed by atoms with Gasteiger partial charge in [-0.25, -0.2) is 4.79 Å². The van der Waals surface area contributed by atoms with Crippen molar-refractivity contribution in [3.63, 3.8) is 0 Å². The fourth-order valence-corrected chi connectivity index (χ4v) is 1.76. The number of rotatable bonds is 4. The summed E-state index contributed by atoms with van der Waals surface area (Å²) in [5.41, 5.74) is 0.744. The van der Waals surface area contributed by atoms with Gasteiger partial charge in [0, 0.05) is 44.3 Å². The third-order valence-electron chi connectivity index (χ3n) is 2.76. The number of anilines is 1. The van der Waals surface area contributed by atoms with Crippen LogP contribution in [0, 0.1) is 0 Å².